The molecule has 2 aliphatic heterocycles. The first-order chi connectivity index (χ1) is 21.8. The average Bonchev–Trinajstić information content (AvgIpc) is 3.05. The third-order valence-corrected chi connectivity index (χ3v) is 15.4. The van der Waals surface area contributed by atoms with Crippen molar-refractivity contribution in [2.75, 3.05) is 28.1 Å². The number of hydrogen-bond donors (Lipinski definition) is 1. The molecule has 4 aromatic carbocycles. The smallest absolute Gasteiger partial charge is 0.252 e. The standard InChI is InChI=1S/C17H20N2O2S2.C16H16ClNO2S2/c1-18-13-7-12-17-22-16-11-6-5-10-15(16)19(23(17,20)21)14-8-3-2-4-9-14;17-12-6-11-16-21-15-10-5-4-9-14(15)18(22(16,19)20)13-7-2-1-3-8-13/h2-6,8-11,17-18H,7,12-13H2,1H3;1-5,7-10,16H,6,11-12H2. The fourth-order valence-electron chi connectivity index (χ4n) is 5.17. The molecule has 2 unspecified atom stereocenters. The Hall–Kier alpha value is -2.67. The number of alkyl halides is 1. The fourth-order valence-corrected chi connectivity index (χ4v) is 12.7. The van der Waals surface area contributed by atoms with E-state index in [1.54, 1.807) is 0 Å². The van der Waals surface area contributed by atoms with E-state index in [1.165, 1.54) is 32.1 Å². The molecule has 12 heteroatoms. The van der Waals surface area contributed by atoms with Crippen LogP contribution in [0.5, 0.6) is 0 Å². The Kier molecular flexibility index (Phi) is 11.4. The summed E-state index contributed by atoms with van der Waals surface area (Å²) in [5.41, 5.74) is 2.83. The lowest BCUT2D eigenvalue weighted by Gasteiger charge is -2.35. The van der Waals surface area contributed by atoms with Crippen LogP contribution in [0.15, 0.2) is 119 Å². The molecule has 0 saturated carbocycles. The molecule has 1 N–H and O–H groups in total. The van der Waals surface area contributed by atoms with Gasteiger partial charge < -0.3 is 5.32 Å². The summed E-state index contributed by atoms with van der Waals surface area (Å²) in [6.07, 6.45) is 2.70. The summed E-state index contributed by atoms with van der Waals surface area (Å²) in [5.74, 6) is 0.472. The highest BCUT2D eigenvalue weighted by Gasteiger charge is 2.40. The molecule has 0 fully saturated rings. The van der Waals surface area contributed by atoms with Crippen molar-refractivity contribution in [2.24, 2.45) is 0 Å². The zero-order chi connectivity index (χ0) is 31.9. The molecule has 2 atom stereocenters. The van der Waals surface area contributed by atoms with Crippen LogP contribution < -0.4 is 13.9 Å². The number of hydrogen-bond acceptors (Lipinski definition) is 7. The summed E-state index contributed by atoms with van der Waals surface area (Å²) in [5, 5.41) is 3.08. The molecule has 4 aromatic rings. The number of nitrogens with one attached hydrogen (secondary N) is 1. The van der Waals surface area contributed by atoms with Gasteiger partial charge in [-0.2, -0.15) is 0 Å². The van der Waals surface area contributed by atoms with Gasteiger partial charge in [0.05, 0.1) is 22.7 Å². The molecule has 0 spiro atoms. The Balaban J connectivity index is 0.000000178. The van der Waals surface area contributed by atoms with Crippen molar-refractivity contribution in [1.82, 2.24) is 5.32 Å². The molecule has 0 amide bonds. The number of sulfonamides is 2. The molecule has 0 saturated heterocycles. The van der Waals surface area contributed by atoms with Crippen molar-refractivity contribution in [3.8, 4) is 0 Å². The Morgan fingerprint density at radius 3 is 1.44 bits per heavy atom. The van der Waals surface area contributed by atoms with E-state index < -0.39 is 29.2 Å². The van der Waals surface area contributed by atoms with E-state index in [4.69, 9.17) is 11.6 Å². The van der Waals surface area contributed by atoms with E-state index in [0.717, 1.165) is 34.1 Å². The minimum absolute atomic E-state index is 0.453. The molecule has 0 radical (unpaired) electrons. The molecule has 45 heavy (non-hydrogen) atoms. The summed E-state index contributed by atoms with van der Waals surface area (Å²) >= 11 is 8.62. The van der Waals surface area contributed by atoms with Gasteiger partial charge in [-0.3, -0.25) is 0 Å². The van der Waals surface area contributed by atoms with Gasteiger partial charge in [0.2, 0.25) is 0 Å². The van der Waals surface area contributed by atoms with E-state index in [0.29, 0.717) is 36.5 Å². The second kappa shape index (κ2) is 15.3. The quantitative estimate of drug-likeness (QED) is 0.139. The van der Waals surface area contributed by atoms with Crippen LogP contribution in [0, 0.1) is 0 Å². The highest BCUT2D eigenvalue weighted by molar-refractivity contribution is 8.15. The Bertz CT molecular complexity index is 1780. The Morgan fingerprint density at radius 2 is 1.02 bits per heavy atom. The molecule has 7 nitrogen and oxygen atoms in total. The number of thioether (sulfide) groups is 2. The molecular formula is C33H36ClN3O4S4. The molecule has 0 aliphatic carbocycles. The number of para-hydroxylation sites is 4. The first-order valence-electron chi connectivity index (χ1n) is 14.7. The third-order valence-electron chi connectivity index (χ3n) is 7.28. The summed E-state index contributed by atoms with van der Waals surface area (Å²) in [4.78, 5) is 2.00. The fraction of sp³-hybridized carbons (Fsp3) is 0.273. The summed E-state index contributed by atoms with van der Waals surface area (Å²) in [7, 11) is -5.03. The topological polar surface area (TPSA) is 86.8 Å². The molecule has 2 heterocycles. The maximum atomic E-state index is 13.2. The van der Waals surface area contributed by atoms with E-state index in [9.17, 15) is 16.8 Å². The molecule has 6 rings (SSSR count). The van der Waals surface area contributed by atoms with Crippen molar-refractivity contribution in [1.29, 1.82) is 0 Å². The lowest BCUT2D eigenvalue weighted by atomic mass is 10.2. The number of rotatable bonds is 9. The molecule has 0 bridgehead atoms. The first-order valence-corrected chi connectivity index (χ1v) is 20.0. The van der Waals surface area contributed by atoms with Gasteiger partial charge in [-0.15, -0.1) is 35.1 Å². The second-order valence-corrected chi connectivity index (χ2v) is 17.8. The minimum Gasteiger partial charge on any atom is -0.320 e. The molecule has 0 aromatic heterocycles. The average molecular weight is 702 g/mol. The predicted octanol–water partition coefficient (Wildman–Crippen LogP) is 8.19. The van der Waals surface area contributed by atoms with Crippen LogP contribution in [0.4, 0.5) is 22.7 Å². The van der Waals surface area contributed by atoms with Gasteiger partial charge in [-0.05, 0) is 87.8 Å². The highest BCUT2D eigenvalue weighted by atomic mass is 35.5. The van der Waals surface area contributed by atoms with E-state index >= 15 is 0 Å². The lowest BCUT2D eigenvalue weighted by Crippen LogP contribution is -2.37. The zero-order valence-electron chi connectivity index (χ0n) is 24.8. The number of halogens is 1. The van der Waals surface area contributed by atoms with Crippen LogP contribution in [0.1, 0.15) is 25.7 Å². The maximum Gasteiger partial charge on any atom is 0.252 e. The number of fused-ring (bicyclic) bond motifs is 2. The zero-order valence-corrected chi connectivity index (χ0v) is 28.8. The second-order valence-electron chi connectivity index (χ2n) is 10.4. The summed E-state index contributed by atoms with van der Waals surface area (Å²) in [6, 6.07) is 33.9. The van der Waals surface area contributed by atoms with Gasteiger partial charge in [0.15, 0.2) is 0 Å². The normalized spacial score (nSPS) is 19.5. The summed E-state index contributed by atoms with van der Waals surface area (Å²) < 4.78 is 54.4. The number of benzene rings is 4. The van der Waals surface area contributed by atoms with Gasteiger partial charge in [-0.1, -0.05) is 60.7 Å². The van der Waals surface area contributed by atoms with Crippen molar-refractivity contribution in [3.05, 3.63) is 109 Å². The Morgan fingerprint density at radius 1 is 0.622 bits per heavy atom. The lowest BCUT2D eigenvalue weighted by molar-refractivity contribution is 0.583. The van der Waals surface area contributed by atoms with Crippen molar-refractivity contribution >= 4 is 77.9 Å². The van der Waals surface area contributed by atoms with Crippen molar-refractivity contribution < 1.29 is 16.8 Å². The van der Waals surface area contributed by atoms with E-state index in [1.807, 2.05) is 116 Å². The number of nitrogens with zero attached hydrogens (tertiary/aromatic N) is 2. The van der Waals surface area contributed by atoms with Gasteiger partial charge in [0.25, 0.3) is 20.0 Å². The largest absolute Gasteiger partial charge is 0.320 e. The summed E-state index contributed by atoms with van der Waals surface area (Å²) in [6.45, 7) is 0.819. The SMILES string of the molecule is CNCCCC1Sc2ccccc2N(c2ccccc2)S1(=O)=O.O=S1(=O)C(CCCCl)Sc2ccccc2N1c1ccccc1. The predicted molar refractivity (Wildman–Crippen MR) is 190 cm³/mol. The third kappa shape index (κ3) is 7.50. The van der Waals surface area contributed by atoms with Crippen molar-refractivity contribution in [2.45, 2.75) is 44.6 Å². The van der Waals surface area contributed by atoms with E-state index in [-0.39, 0.29) is 0 Å². The monoisotopic (exact) mass is 701 g/mol. The molecule has 238 valence electrons. The van der Waals surface area contributed by atoms with Crippen LogP contribution in [0.3, 0.4) is 0 Å². The van der Waals surface area contributed by atoms with Crippen LogP contribution in [-0.4, -0.2) is 45.5 Å². The Labute approximate surface area is 280 Å². The van der Waals surface area contributed by atoms with Crippen molar-refractivity contribution in [3.63, 3.8) is 0 Å². The van der Waals surface area contributed by atoms with E-state index in [2.05, 4.69) is 5.32 Å². The van der Waals surface area contributed by atoms with Crippen LogP contribution in [0.25, 0.3) is 0 Å². The van der Waals surface area contributed by atoms with Gasteiger partial charge >= 0.3 is 0 Å². The maximum absolute atomic E-state index is 13.2. The van der Waals surface area contributed by atoms with Crippen LogP contribution in [-0.2, 0) is 20.0 Å². The highest BCUT2D eigenvalue weighted by Crippen LogP contribution is 2.48. The van der Waals surface area contributed by atoms with Gasteiger partial charge in [0.1, 0.15) is 9.16 Å². The minimum atomic E-state index is -3.47. The van der Waals surface area contributed by atoms with Crippen LogP contribution in [0.2, 0.25) is 0 Å². The molecule has 2 aliphatic rings. The molecular weight excluding hydrogens is 666 g/mol. The van der Waals surface area contributed by atoms with Gasteiger partial charge in [0, 0.05) is 15.7 Å². The van der Waals surface area contributed by atoms with Crippen LogP contribution >= 0.6 is 35.1 Å². The first kappa shape index (κ1) is 33.7. The van der Waals surface area contributed by atoms with Gasteiger partial charge in [-0.25, -0.2) is 25.4 Å². The number of anilines is 4.